The number of amides is 1. The molecule has 2 saturated heterocycles. The van der Waals surface area contributed by atoms with Gasteiger partial charge in [-0.25, -0.2) is 0 Å². The minimum absolute atomic E-state index is 0.0487. The zero-order valence-corrected chi connectivity index (χ0v) is 22.4. The topological polar surface area (TPSA) is 62.2 Å². The highest BCUT2D eigenvalue weighted by atomic mass is 32.1. The molecule has 1 N–H and O–H groups in total. The molecule has 0 saturated carbocycles. The van der Waals surface area contributed by atoms with Crippen LogP contribution in [0.15, 0.2) is 66.7 Å². The Balaban J connectivity index is 1.02. The third-order valence-electron chi connectivity index (χ3n) is 7.76. The number of aliphatic hydroxyl groups excluding tert-OH is 1. The van der Waals surface area contributed by atoms with Crippen LogP contribution in [0.1, 0.15) is 34.0 Å². The lowest BCUT2D eigenvalue weighted by Crippen LogP contribution is -2.40. The Bertz CT molecular complexity index is 1410. The van der Waals surface area contributed by atoms with Crippen LogP contribution in [0, 0.1) is 0 Å². The molecule has 6 nitrogen and oxygen atoms in total. The van der Waals surface area contributed by atoms with Crippen LogP contribution in [-0.4, -0.2) is 79.5 Å². The lowest BCUT2D eigenvalue weighted by Gasteiger charge is -2.33. The fourth-order valence-electron chi connectivity index (χ4n) is 5.64. The Morgan fingerprint density at radius 3 is 2.58 bits per heavy atom. The van der Waals surface area contributed by atoms with Crippen molar-refractivity contribution in [3.8, 4) is 5.75 Å². The number of aliphatic hydroxyl groups is 1. The van der Waals surface area contributed by atoms with Crippen LogP contribution in [0.2, 0.25) is 0 Å². The molecule has 198 valence electrons. The molecular weight excluding hydrogens is 496 g/mol. The summed E-state index contributed by atoms with van der Waals surface area (Å²) in [6.07, 6.45) is 1.62. The number of nitrogens with zero attached hydrogens (tertiary/aromatic N) is 2. The number of hydrogen-bond donors (Lipinski definition) is 1. The van der Waals surface area contributed by atoms with Gasteiger partial charge in [0, 0.05) is 29.7 Å². The maximum absolute atomic E-state index is 12.9. The van der Waals surface area contributed by atoms with Gasteiger partial charge in [-0.15, -0.1) is 11.3 Å². The fraction of sp³-hybridized carbons (Fsp3) is 0.387. The minimum atomic E-state index is -0.574. The summed E-state index contributed by atoms with van der Waals surface area (Å²) in [5.41, 5.74) is 1.42. The first-order valence-electron chi connectivity index (χ1n) is 13.6. The standard InChI is InChI=1S/C31H34N2O4S/c34-26(20-32-12-10-23(11-13-32)25-9-8-22-4-1-2-5-24(22)18-25)21-37-28-6-3-7-29-27(28)19-30(38-29)31(35)33-14-16-36-17-15-33/h1-9,18-19,23,26,34H,10-17,20-21H2. The molecule has 0 aliphatic carbocycles. The summed E-state index contributed by atoms with van der Waals surface area (Å²) in [5.74, 6) is 1.33. The number of hydrogen-bond acceptors (Lipinski definition) is 6. The smallest absolute Gasteiger partial charge is 0.264 e. The Kier molecular flexibility index (Phi) is 7.60. The van der Waals surface area contributed by atoms with E-state index in [0.717, 1.165) is 36.0 Å². The number of thiophene rings is 1. The van der Waals surface area contributed by atoms with E-state index in [1.54, 1.807) is 0 Å². The quantitative estimate of drug-likeness (QED) is 0.358. The van der Waals surface area contributed by atoms with Crippen molar-refractivity contribution in [1.82, 2.24) is 9.80 Å². The monoisotopic (exact) mass is 530 g/mol. The summed E-state index contributed by atoms with van der Waals surface area (Å²) >= 11 is 1.49. The Morgan fingerprint density at radius 1 is 0.974 bits per heavy atom. The number of piperidine rings is 1. The van der Waals surface area contributed by atoms with Crippen LogP contribution in [0.3, 0.4) is 0 Å². The van der Waals surface area contributed by atoms with E-state index in [9.17, 15) is 9.90 Å². The van der Waals surface area contributed by atoms with Crippen LogP contribution < -0.4 is 4.74 Å². The number of β-amino-alcohol motifs (C(OH)–C–C–N with tert-alkyl or cyclic N) is 1. The van der Waals surface area contributed by atoms with Crippen molar-refractivity contribution < 1.29 is 19.4 Å². The Labute approximate surface area is 227 Å². The maximum Gasteiger partial charge on any atom is 0.264 e. The van der Waals surface area contributed by atoms with Crippen molar-refractivity contribution in [2.45, 2.75) is 24.9 Å². The second-order valence-electron chi connectivity index (χ2n) is 10.3. The van der Waals surface area contributed by atoms with E-state index in [2.05, 4.69) is 47.4 Å². The molecule has 0 spiro atoms. The molecule has 2 aliphatic heterocycles. The van der Waals surface area contributed by atoms with Crippen LogP contribution >= 0.6 is 11.3 Å². The van der Waals surface area contributed by atoms with Crippen molar-refractivity contribution in [2.24, 2.45) is 0 Å². The second kappa shape index (κ2) is 11.4. The van der Waals surface area contributed by atoms with E-state index in [-0.39, 0.29) is 12.5 Å². The predicted molar refractivity (Wildman–Crippen MR) is 152 cm³/mol. The average molecular weight is 531 g/mol. The molecule has 4 aromatic rings. The fourth-order valence-corrected chi connectivity index (χ4v) is 6.68. The number of benzene rings is 3. The first-order chi connectivity index (χ1) is 18.6. The summed E-state index contributed by atoms with van der Waals surface area (Å²) in [7, 11) is 0. The number of morpholine rings is 1. The van der Waals surface area contributed by atoms with Gasteiger partial charge < -0.3 is 24.4 Å². The summed E-state index contributed by atoms with van der Waals surface area (Å²) in [6, 6.07) is 23.2. The highest BCUT2D eigenvalue weighted by Crippen LogP contribution is 2.34. The summed E-state index contributed by atoms with van der Waals surface area (Å²) in [4.78, 5) is 17.8. The summed E-state index contributed by atoms with van der Waals surface area (Å²) in [5, 5.41) is 14.3. The average Bonchev–Trinajstić information content (AvgIpc) is 3.41. The molecular formula is C31H34N2O4S. The van der Waals surface area contributed by atoms with Crippen LogP contribution in [-0.2, 0) is 4.74 Å². The zero-order chi connectivity index (χ0) is 25.9. The van der Waals surface area contributed by atoms with Gasteiger partial charge in [-0.3, -0.25) is 4.79 Å². The lowest BCUT2D eigenvalue weighted by molar-refractivity contribution is 0.0306. The third kappa shape index (κ3) is 5.57. The molecule has 3 heterocycles. The number of ether oxygens (including phenoxy) is 2. The number of carbonyl (C=O) groups excluding carboxylic acids is 1. The van der Waals surface area contributed by atoms with E-state index >= 15 is 0 Å². The van der Waals surface area contributed by atoms with Crippen LogP contribution in [0.4, 0.5) is 0 Å². The molecule has 0 radical (unpaired) electrons. The molecule has 1 atom stereocenters. The Hall–Kier alpha value is -2.97. The van der Waals surface area contributed by atoms with Crippen LogP contribution in [0.5, 0.6) is 5.75 Å². The normalized spacial score (nSPS) is 18.2. The Morgan fingerprint density at radius 2 is 1.76 bits per heavy atom. The van der Waals surface area contributed by atoms with E-state index in [4.69, 9.17) is 9.47 Å². The van der Waals surface area contributed by atoms with Gasteiger partial charge in [-0.05, 0) is 66.4 Å². The third-order valence-corrected chi connectivity index (χ3v) is 8.85. The van der Waals surface area contributed by atoms with Crippen molar-refractivity contribution in [2.75, 3.05) is 52.5 Å². The van der Waals surface area contributed by atoms with E-state index in [0.29, 0.717) is 49.4 Å². The molecule has 6 rings (SSSR count). The van der Waals surface area contributed by atoms with Crippen LogP contribution in [0.25, 0.3) is 20.9 Å². The van der Waals surface area contributed by atoms with Crippen molar-refractivity contribution in [3.63, 3.8) is 0 Å². The van der Waals surface area contributed by atoms with E-state index in [1.807, 2.05) is 29.2 Å². The zero-order valence-electron chi connectivity index (χ0n) is 21.6. The molecule has 2 fully saturated rings. The van der Waals surface area contributed by atoms with Gasteiger partial charge in [0.05, 0.1) is 18.1 Å². The minimum Gasteiger partial charge on any atom is -0.490 e. The summed E-state index contributed by atoms with van der Waals surface area (Å²) in [6.45, 7) is 5.21. The number of carbonyl (C=O) groups is 1. The molecule has 1 unspecified atom stereocenters. The highest BCUT2D eigenvalue weighted by Gasteiger charge is 2.24. The molecule has 2 aliphatic rings. The lowest BCUT2D eigenvalue weighted by atomic mass is 9.88. The molecule has 3 aromatic carbocycles. The van der Waals surface area contributed by atoms with Crippen molar-refractivity contribution in [3.05, 3.63) is 77.2 Å². The van der Waals surface area contributed by atoms with Gasteiger partial charge in [-0.2, -0.15) is 0 Å². The summed E-state index contributed by atoms with van der Waals surface area (Å²) < 4.78 is 12.5. The number of likely N-dealkylation sites (tertiary alicyclic amines) is 1. The largest absolute Gasteiger partial charge is 0.490 e. The first-order valence-corrected chi connectivity index (χ1v) is 14.4. The van der Waals surface area contributed by atoms with Gasteiger partial charge in [-0.1, -0.05) is 48.5 Å². The van der Waals surface area contributed by atoms with E-state index < -0.39 is 6.10 Å². The van der Waals surface area contributed by atoms with Crippen molar-refractivity contribution >= 4 is 38.1 Å². The SMILES string of the molecule is O=C(c1cc2c(OCC(O)CN3CCC(c4ccc5ccccc5c4)CC3)cccc2s1)N1CCOCC1. The predicted octanol–water partition coefficient (Wildman–Crippen LogP) is 5.15. The van der Waals surface area contributed by atoms with Gasteiger partial charge in [0.25, 0.3) is 5.91 Å². The highest BCUT2D eigenvalue weighted by molar-refractivity contribution is 7.20. The van der Waals surface area contributed by atoms with Crippen molar-refractivity contribution in [1.29, 1.82) is 0 Å². The molecule has 1 amide bonds. The number of rotatable bonds is 7. The molecule has 1 aromatic heterocycles. The first kappa shape index (κ1) is 25.3. The van der Waals surface area contributed by atoms with Gasteiger partial charge in [0.15, 0.2) is 0 Å². The van der Waals surface area contributed by atoms with Gasteiger partial charge >= 0.3 is 0 Å². The molecule has 7 heteroatoms. The molecule has 0 bridgehead atoms. The number of fused-ring (bicyclic) bond motifs is 2. The van der Waals surface area contributed by atoms with Gasteiger partial charge in [0.2, 0.25) is 0 Å². The molecule has 38 heavy (non-hydrogen) atoms. The maximum atomic E-state index is 12.9. The second-order valence-corrected chi connectivity index (χ2v) is 11.4. The van der Waals surface area contributed by atoms with E-state index in [1.165, 1.54) is 27.7 Å². The van der Waals surface area contributed by atoms with Gasteiger partial charge in [0.1, 0.15) is 18.5 Å².